The van der Waals surface area contributed by atoms with Gasteiger partial charge in [0.1, 0.15) is 36.6 Å². The smallest absolute Gasteiger partial charge is 0.249 e. The van der Waals surface area contributed by atoms with E-state index in [0.29, 0.717) is 19.3 Å². The van der Waals surface area contributed by atoms with Crippen molar-refractivity contribution in [2.45, 2.75) is 377 Å². The number of unbranched alkanes of at least 4 members (excludes halogenated alkanes) is 44. The number of rotatable bonds is 56. The molecule has 9 atom stereocenters. The third-order valence-corrected chi connectivity index (χ3v) is 15.9. The van der Waals surface area contributed by atoms with E-state index in [9.17, 15) is 40.5 Å². The van der Waals surface area contributed by atoms with Crippen LogP contribution in [0.3, 0.4) is 0 Å². The Morgan fingerprint density at radius 1 is 0.425 bits per heavy atom. The quantitative estimate of drug-likeness (QED) is 0.0272. The van der Waals surface area contributed by atoms with E-state index in [1.807, 2.05) is 0 Å². The summed E-state index contributed by atoms with van der Waals surface area (Å²) >= 11 is 0. The van der Waals surface area contributed by atoms with Crippen molar-refractivity contribution in [1.82, 2.24) is 5.32 Å². The summed E-state index contributed by atoms with van der Waals surface area (Å²) in [7, 11) is 0. The van der Waals surface area contributed by atoms with Gasteiger partial charge in [0.05, 0.1) is 25.4 Å². The van der Waals surface area contributed by atoms with Crippen molar-refractivity contribution < 1.29 is 50.0 Å². The molecule has 1 amide bonds. The Bertz CT molecular complexity index is 1150. The topological polar surface area (TPSA) is 189 Å². The van der Waals surface area contributed by atoms with Gasteiger partial charge in [0.15, 0.2) is 6.29 Å². The minimum atomic E-state index is -1.66. The van der Waals surface area contributed by atoms with Gasteiger partial charge in [-0.05, 0) is 12.8 Å². The molecule has 73 heavy (non-hydrogen) atoms. The molecule has 11 heteroatoms. The third-order valence-electron chi connectivity index (χ3n) is 15.9. The standard InChI is InChI=1S/C62H123NO10/c1-3-5-7-9-11-13-15-17-19-21-23-25-26-27-28-29-30-32-34-36-38-40-42-44-46-48-50-55(66)61(71)63-53(52-72-62-60(70)59(69)58(68)56(51-64)73-62)57(67)54(65)49-47-45-43-41-39-37-35-33-31-24-22-20-18-16-14-12-10-8-6-4-2/h53-60,62,64-70H,3-52H2,1-2H3,(H,63,71). The molecule has 0 aromatic rings. The Kier molecular flexibility index (Phi) is 49.8. The van der Waals surface area contributed by atoms with Crippen LogP contribution in [0.2, 0.25) is 0 Å². The van der Waals surface area contributed by atoms with Gasteiger partial charge in [-0.1, -0.05) is 309 Å². The van der Waals surface area contributed by atoms with Crippen LogP contribution in [0.15, 0.2) is 0 Å². The maximum absolute atomic E-state index is 13.2. The lowest BCUT2D eigenvalue weighted by molar-refractivity contribution is -0.303. The van der Waals surface area contributed by atoms with E-state index in [4.69, 9.17) is 9.47 Å². The molecule has 9 unspecified atom stereocenters. The zero-order chi connectivity index (χ0) is 53.3. The largest absolute Gasteiger partial charge is 0.394 e. The molecule has 1 aliphatic rings. The molecule has 0 radical (unpaired) electrons. The number of hydrogen-bond acceptors (Lipinski definition) is 10. The van der Waals surface area contributed by atoms with E-state index in [2.05, 4.69) is 19.2 Å². The van der Waals surface area contributed by atoms with Gasteiger partial charge >= 0.3 is 0 Å². The van der Waals surface area contributed by atoms with Crippen molar-refractivity contribution in [3.63, 3.8) is 0 Å². The monoisotopic (exact) mass is 1040 g/mol. The maximum Gasteiger partial charge on any atom is 0.249 e. The second kappa shape index (κ2) is 51.8. The first-order valence-electron chi connectivity index (χ1n) is 31.9. The molecule has 1 fully saturated rings. The molecule has 1 saturated heterocycles. The SMILES string of the molecule is CCCCCCCCCCCCCCCCCCCCCCCCCCCCC(O)C(=O)NC(COC1OC(CO)C(O)C(O)C1O)C(O)C(O)CCCCCCCCCCCCCCCCCCCCCC. The minimum Gasteiger partial charge on any atom is -0.394 e. The van der Waals surface area contributed by atoms with Crippen molar-refractivity contribution in [2.24, 2.45) is 0 Å². The molecule has 1 aliphatic heterocycles. The predicted molar refractivity (Wildman–Crippen MR) is 303 cm³/mol. The molecule has 0 aromatic carbocycles. The third kappa shape index (κ3) is 40.0. The van der Waals surface area contributed by atoms with Crippen molar-refractivity contribution in [3.8, 4) is 0 Å². The first kappa shape index (κ1) is 70.1. The average molecular weight is 1040 g/mol. The van der Waals surface area contributed by atoms with Gasteiger partial charge in [-0.2, -0.15) is 0 Å². The maximum atomic E-state index is 13.2. The van der Waals surface area contributed by atoms with Crippen molar-refractivity contribution in [3.05, 3.63) is 0 Å². The number of nitrogens with one attached hydrogen (secondary N) is 1. The van der Waals surface area contributed by atoms with Crippen molar-refractivity contribution in [2.75, 3.05) is 13.2 Å². The van der Waals surface area contributed by atoms with Crippen molar-refractivity contribution in [1.29, 1.82) is 0 Å². The molecule has 0 spiro atoms. The summed E-state index contributed by atoms with van der Waals surface area (Å²) in [6, 6.07) is -1.16. The van der Waals surface area contributed by atoms with Crippen LogP contribution >= 0.6 is 0 Å². The second-order valence-corrected chi connectivity index (χ2v) is 22.9. The Labute approximate surface area is 449 Å². The van der Waals surface area contributed by atoms with E-state index in [0.717, 1.165) is 38.5 Å². The van der Waals surface area contributed by atoms with Gasteiger partial charge in [-0.25, -0.2) is 0 Å². The van der Waals surface area contributed by atoms with E-state index in [-0.39, 0.29) is 6.42 Å². The van der Waals surface area contributed by atoms with Gasteiger partial charge in [0, 0.05) is 0 Å². The van der Waals surface area contributed by atoms with Gasteiger partial charge in [0.25, 0.3) is 0 Å². The summed E-state index contributed by atoms with van der Waals surface area (Å²) in [5.41, 5.74) is 0. The van der Waals surface area contributed by atoms with Crippen LogP contribution in [-0.2, 0) is 14.3 Å². The second-order valence-electron chi connectivity index (χ2n) is 22.9. The highest BCUT2D eigenvalue weighted by molar-refractivity contribution is 5.80. The van der Waals surface area contributed by atoms with Crippen LogP contribution in [0.1, 0.15) is 322 Å². The van der Waals surface area contributed by atoms with E-state index in [1.165, 1.54) is 244 Å². The molecule has 1 heterocycles. The normalized spacial score (nSPS) is 19.8. The van der Waals surface area contributed by atoms with Crippen LogP contribution in [0.5, 0.6) is 0 Å². The van der Waals surface area contributed by atoms with Gasteiger partial charge < -0.3 is 50.5 Å². The number of carbonyl (C=O) groups is 1. The lowest BCUT2D eigenvalue weighted by Gasteiger charge is -2.40. The van der Waals surface area contributed by atoms with Crippen LogP contribution in [0.25, 0.3) is 0 Å². The molecular weight excluding hydrogens is 919 g/mol. The lowest BCUT2D eigenvalue weighted by atomic mass is 9.98. The van der Waals surface area contributed by atoms with Gasteiger partial charge in [0.2, 0.25) is 5.91 Å². The molecule has 8 N–H and O–H groups in total. The number of amides is 1. The first-order valence-corrected chi connectivity index (χ1v) is 31.9. The van der Waals surface area contributed by atoms with Crippen LogP contribution in [-0.4, -0.2) is 110 Å². The Morgan fingerprint density at radius 3 is 1.01 bits per heavy atom. The summed E-state index contributed by atoms with van der Waals surface area (Å²) in [4.78, 5) is 13.2. The molecule has 11 nitrogen and oxygen atoms in total. The highest BCUT2D eigenvalue weighted by Gasteiger charge is 2.44. The van der Waals surface area contributed by atoms with Gasteiger partial charge in [-0.3, -0.25) is 4.79 Å². The predicted octanol–water partition coefficient (Wildman–Crippen LogP) is 14.1. The number of aliphatic hydroxyl groups excluding tert-OH is 7. The lowest BCUT2D eigenvalue weighted by Crippen LogP contribution is -2.60. The van der Waals surface area contributed by atoms with Crippen LogP contribution < -0.4 is 5.32 Å². The summed E-state index contributed by atoms with van der Waals surface area (Å²) in [6.07, 6.45) is 48.8. The summed E-state index contributed by atoms with van der Waals surface area (Å²) in [5, 5.41) is 76.3. The molecular formula is C62H123NO10. The number of hydrogen-bond donors (Lipinski definition) is 8. The Hall–Kier alpha value is -0.890. The summed E-state index contributed by atoms with van der Waals surface area (Å²) in [5.74, 6) is -0.688. The zero-order valence-electron chi connectivity index (χ0n) is 47.9. The van der Waals surface area contributed by atoms with Crippen LogP contribution in [0.4, 0.5) is 0 Å². The number of aliphatic hydroxyl groups is 7. The molecule has 0 aliphatic carbocycles. The molecule has 0 saturated carbocycles. The fraction of sp³-hybridized carbons (Fsp3) is 0.984. The van der Waals surface area contributed by atoms with E-state index in [1.54, 1.807) is 0 Å². The fourth-order valence-corrected chi connectivity index (χ4v) is 10.7. The van der Waals surface area contributed by atoms with E-state index < -0.39 is 74.2 Å². The number of carbonyl (C=O) groups excluding carboxylic acids is 1. The first-order chi connectivity index (χ1) is 35.7. The fourth-order valence-electron chi connectivity index (χ4n) is 10.7. The summed E-state index contributed by atoms with van der Waals surface area (Å²) in [6.45, 7) is 3.51. The minimum absolute atomic E-state index is 0.267. The average Bonchev–Trinajstić information content (AvgIpc) is 3.39. The number of ether oxygens (including phenoxy) is 2. The van der Waals surface area contributed by atoms with Gasteiger partial charge in [-0.15, -0.1) is 0 Å². The molecule has 0 aromatic heterocycles. The van der Waals surface area contributed by atoms with E-state index >= 15 is 0 Å². The Morgan fingerprint density at radius 2 is 0.712 bits per heavy atom. The molecule has 436 valence electrons. The highest BCUT2D eigenvalue weighted by atomic mass is 16.7. The molecule has 0 bridgehead atoms. The Balaban J connectivity index is 2.23. The van der Waals surface area contributed by atoms with Crippen molar-refractivity contribution >= 4 is 5.91 Å². The van der Waals surface area contributed by atoms with Crippen LogP contribution in [0, 0.1) is 0 Å². The zero-order valence-corrected chi connectivity index (χ0v) is 47.9. The molecule has 1 rings (SSSR count). The highest BCUT2D eigenvalue weighted by Crippen LogP contribution is 2.24. The summed E-state index contributed by atoms with van der Waals surface area (Å²) < 4.78 is 11.2.